The first-order chi connectivity index (χ1) is 10.7. The standard InChI is InChI=1S/C16H13N5O/c1-10-3-13(22-2)4-11-5-15(20-8-14(10)11)21-16-9-18-12(6-17)7-19-16/h3-5,7-9H,1-2H3,(H,19,20,21). The Labute approximate surface area is 127 Å². The molecule has 6 nitrogen and oxygen atoms in total. The van der Waals surface area contributed by atoms with E-state index in [9.17, 15) is 0 Å². The molecular weight excluding hydrogens is 278 g/mol. The van der Waals surface area contributed by atoms with Gasteiger partial charge in [0, 0.05) is 11.6 Å². The maximum atomic E-state index is 8.71. The van der Waals surface area contributed by atoms with Crippen molar-refractivity contribution in [2.45, 2.75) is 6.92 Å². The Bertz CT molecular complexity index is 868. The van der Waals surface area contributed by atoms with Gasteiger partial charge >= 0.3 is 0 Å². The summed E-state index contributed by atoms with van der Waals surface area (Å²) in [5.41, 5.74) is 1.38. The zero-order chi connectivity index (χ0) is 15.5. The van der Waals surface area contributed by atoms with Gasteiger partial charge in [0.05, 0.1) is 19.5 Å². The third-order valence-corrected chi connectivity index (χ3v) is 3.28. The van der Waals surface area contributed by atoms with E-state index >= 15 is 0 Å². The maximum absolute atomic E-state index is 8.71. The van der Waals surface area contributed by atoms with Crippen molar-refractivity contribution >= 4 is 22.4 Å². The number of hydrogen-bond donors (Lipinski definition) is 1. The minimum atomic E-state index is 0.275. The van der Waals surface area contributed by atoms with Gasteiger partial charge in [0.15, 0.2) is 5.69 Å². The Balaban J connectivity index is 1.95. The number of benzene rings is 1. The number of rotatable bonds is 3. The summed E-state index contributed by atoms with van der Waals surface area (Å²) >= 11 is 0. The van der Waals surface area contributed by atoms with Gasteiger partial charge in [-0.25, -0.2) is 15.0 Å². The van der Waals surface area contributed by atoms with Crippen LogP contribution < -0.4 is 10.1 Å². The van der Waals surface area contributed by atoms with E-state index in [1.807, 2.05) is 37.4 Å². The fraction of sp³-hybridized carbons (Fsp3) is 0.125. The molecule has 2 heterocycles. The Morgan fingerprint density at radius 1 is 1.05 bits per heavy atom. The van der Waals surface area contributed by atoms with Crippen LogP contribution in [0.1, 0.15) is 11.3 Å². The fourth-order valence-corrected chi connectivity index (χ4v) is 2.17. The summed E-state index contributed by atoms with van der Waals surface area (Å²) in [6.45, 7) is 2.02. The molecule has 2 aromatic heterocycles. The third-order valence-electron chi connectivity index (χ3n) is 3.28. The van der Waals surface area contributed by atoms with Crippen LogP contribution in [0.5, 0.6) is 5.75 Å². The summed E-state index contributed by atoms with van der Waals surface area (Å²) in [4.78, 5) is 12.5. The van der Waals surface area contributed by atoms with Crippen molar-refractivity contribution < 1.29 is 4.74 Å². The third kappa shape index (κ3) is 2.65. The van der Waals surface area contributed by atoms with Crippen molar-refractivity contribution in [1.29, 1.82) is 5.26 Å². The predicted octanol–water partition coefficient (Wildman–Crippen LogP) is 2.96. The lowest BCUT2D eigenvalue weighted by atomic mass is 10.1. The molecule has 0 aliphatic rings. The number of methoxy groups -OCH3 is 1. The molecule has 1 aromatic carbocycles. The molecule has 3 rings (SSSR count). The van der Waals surface area contributed by atoms with E-state index in [-0.39, 0.29) is 5.69 Å². The number of ether oxygens (including phenoxy) is 1. The van der Waals surface area contributed by atoms with Crippen molar-refractivity contribution in [2.24, 2.45) is 0 Å². The summed E-state index contributed by atoms with van der Waals surface area (Å²) in [6.07, 6.45) is 4.72. The molecule has 0 bridgehead atoms. The molecule has 0 spiro atoms. The minimum absolute atomic E-state index is 0.275. The van der Waals surface area contributed by atoms with Crippen LogP contribution in [0.3, 0.4) is 0 Å². The highest BCUT2D eigenvalue weighted by molar-refractivity contribution is 5.88. The van der Waals surface area contributed by atoms with Gasteiger partial charge in [-0.05, 0) is 36.1 Å². The summed E-state index contributed by atoms with van der Waals surface area (Å²) in [7, 11) is 1.65. The minimum Gasteiger partial charge on any atom is -0.497 e. The quantitative estimate of drug-likeness (QED) is 0.798. The number of pyridine rings is 1. The van der Waals surface area contributed by atoms with Gasteiger partial charge in [-0.15, -0.1) is 0 Å². The second-order valence-corrected chi connectivity index (χ2v) is 4.76. The van der Waals surface area contributed by atoms with E-state index in [1.54, 1.807) is 7.11 Å². The normalized spacial score (nSPS) is 10.2. The number of anilines is 2. The van der Waals surface area contributed by atoms with Crippen LogP contribution in [0, 0.1) is 18.3 Å². The molecular formula is C16H13N5O. The molecule has 0 amide bonds. The van der Waals surface area contributed by atoms with Crippen molar-refractivity contribution in [3.8, 4) is 11.8 Å². The van der Waals surface area contributed by atoms with E-state index < -0.39 is 0 Å². The van der Waals surface area contributed by atoms with Crippen LogP contribution >= 0.6 is 0 Å². The first-order valence-corrected chi connectivity index (χ1v) is 6.63. The van der Waals surface area contributed by atoms with Gasteiger partial charge in [0.1, 0.15) is 23.5 Å². The number of hydrogen-bond acceptors (Lipinski definition) is 6. The number of nitrogens with one attached hydrogen (secondary N) is 1. The van der Waals surface area contributed by atoms with E-state index in [4.69, 9.17) is 10.00 Å². The van der Waals surface area contributed by atoms with Gasteiger partial charge in [-0.2, -0.15) is 5.26 Å². The molecule has 6 heteroatoms. The largest absolute Gasteiger partial charge is 0.497 e. The van der Waals surface area contributed by atoms with Crippen molar-refractivity contribution in [2.75, 3.05) is 12.4 Å². The second-order valence-electron chi connectivity index (χ2n) is 4.76. The molecule has 0 aliphatic carbocycles. The van der Waals surface area contributed by atoms with Crippen LogP contribution in [0.15, 0.2) is 36.8 Å². The Hall–Kier alpha value is -3.20. The van der Waals surface area contributed by atoms with E-state index in [2.05, 4.69) is 20.3 Å². The average molecular weight is 291 g/mol. The second kappa shape index (κ2) is 5.66. The smallest absolute Gasteiger partial charge is 0.158 e. The number of fused-ring (bicyclic) bond motifs is 1. The molecule has 0 aliphatic heterocycles. The van der Waals surface area contributed by atoms with E-state index in [0.717, 1.165) is 22.1 Å². The zero-order valence-corrected chi connectivity index (χ0v) is 12.2. The van der Waals surface area contributed by atoms with Crippen LogP contribution in [0.4, 0.5) is 11.6 Å². The van der Waals surface area contributed by atoms with Crippen LogP contribution in [-0.4, -0.2) is 22.1 Å². The summed E-state index contributed by atoms with van der Waals surface area (Å²) in [6, 6.07) is 7.78. The fourth-order valence-electron chi connectivity index (χ4n) is 2.17. The highest BCUT2D eigenvalue weighted by atomic mass is 16.5. The Morgan fingerprint density at radius 3 is 2.55 bits per heavy atom. The van der Waals surface area contributed by atoms with Crippen LogP contribution in [0.25, 0.3) is 10.8 Å². The summed E-state index contributed by atoms with van der Waals surface area (Å²) in [5, 5.41) is 13.9. The molecule has 0 saturated carbocycles. The highest BCUT2D eigenvalue weighted by Gasteiger charge is 2.05. The Morgan fingerprint density at radius 2 is 1.86 bits per heavy atom. The monoisotopic (exact) mass is 291 g/mol. The molecule has 0 radical (unpaired) electrons. The van der Waals surface area contributed by atoms with Gasteiger partial charge in [0.25, 0.3) is 0 Å². The van der Waals surface area contributed by atoms with Gasteiger partial charge < -0.3 is 10.1 Å². The molecule has 0 atom stereocenters. The average Bonchev–Trinajstić information content (AvgIpc) is 2.55. The molecule has 0 unspecified atom stereocenters. The number of aryl methyl sites for hydroxylation is 1. The summed E-state index contributed by atoms with van der Waals surface area (Å²) in [5.74, 6) is 1.99. The molecule has 3 aromatic rings. The lowest BCUT2D eigenvalue weighted by Crippen LogP contribution is -1.98. The lowest BCUT2D eigenvalue weighted by Gasteiger charge is -2.09. The maximum Gasteiger partial charge on any atom is 0.158 e. The summed E-state index contributed by atoms with van der Waals surface area (Å²) < 4.78 is 5.29. The predicted molar refractivity (Wildman–Crippen MR) is 83.1 cm³/mol. The molecule has 108 valence electrons. The van der Waals surface area contributed by atoms with Gasteiger partial charge in [-0.1, -0.05) is 0 Å². The zero-order valence-electron chi connectivity index (χ0n) is 12.2. The molecule has 1 N–H and O–H groups in total. The van der Waals surface area contributed by atoms with Crippen molar-refractivity contribution in [3.05, 3.63) is 48.0 Å². The SMILES string of the molecule is COc1cc(C)c2cnc(Nc3cnc(C#N)cn3)cc2c1. The van der Waals surface area contributed by atoms with Gasteiger partial charge in [0.2, 0.25) is 0 Å². The topological polar surface area (TPSA) is 83.7 Å². The Kier molecular flexibility index (Phi) is 3.54. The molecule has 0 saturated heterocycles. The number of nitriles is 1. The first kappa shape index (κ1) is 13.8. The van der Waals surface area contributed by atoms with Crippen molar-refractivity contribution in [3.63, 3.8) is 0 Å². The molecule has 22 heavy (non-hydrogen) atoms. The highest BCUT2D eigenvalue weighted by Crippen LogP contribution is 2.26. The van der Waals surface area contributed by atoms with Crippen molar-refractivity contribution in [1.82, 2.24) is 15.0 Å². The molecule has 0 fully saturated rings. The lowest BCUT2D eigenvalue weighted by molar-refractivity contribution is 0.415. The first-order valence-electron chi connectivity index (χ1n) is 6.63. The van der Waals surface area contributed by atoms with Crippen LogP contribution in [-0.2, 0) is 0 Å². The van der Waals surface area contributed by atoms with Crippen LogP contribution in [0.2, 0.25) is 0 Å². The van der Waals surface area contributed by atoms with E-state index in [1.165, 1.54) is 12.4 Å². The number of aromatic nitrogens is 3. The number of nitrogens with zero attached hydrogens (tertiary/aromatic N) is 4. The van der Waals surface area contributed by atoms with E-state index in [0.29, 0.717) is 11.6 Å². The van der Waals surface area contributed by atoms with Gasteiger partial charge in [-0.3, -0.25) is 0 Å².